The van der Waals surface area contributed by atoms with Crippen molar-refractivity contribution in [2.75, 3.05) is 26.2 Å². The Morgan fingerprint density at radius 2 is 2.05 bits per heavy atom. The van der Waals surface area contributed by atoms with Crippen molar-refractivity contribution in [2.24, 2.45) is 0 Å². The monoisotopic (exact) mass is 324 g/mol. The molecule has 0 bridgehead atoms. The first-order valence-corrected chi connectivity index (χ1v) is 8.46. The molecule has 1 aromatic rings. The molecule has 0 spiro atoms. The molecule has 0 aromatic heterocycles. The third-order valence-corrected chi connectivity index (χ3v) is 4.22. The Morgan fingerprint density at radius 1 is 1.32 bits per heavy atom. The SMILES string of the molecule is CC(Oc1ccccc1Cl)C(=O)NCCCN1CCCCC1. The standard InChI is InChI=1S/C17H25ClN2O2/c1-14(22-16-9-4-3-8-15(16)18)17(21)19-10-7-13-20-11-5-2-6-12-20/h3-4,8-9,14H,2,5-7,10-13H2,1H3,(H,19,21). The molecule has 1 heterocycles. The zero-order valence-corrected chi connectivity index (χ0v) is 13.9. The summed E-state index contributed by atoms with van der Waals surface area (Å²) in [5.74, 6) is 0.443. The summed E-state index contributed by atoms with van der Waals surface area (Å²) >= 11 is 6.02. The molecule has 1 atom stereocenters. The molecule has 0 saturated carbocycles. The zero-order valence-electron chi connectivity index (χ0n) is 13.2. The smallest absolute Gasteiger partial charge is 0.260 e. The Hall–Kier alpha value is -1.26. The number of hydrogen-bond acceptors (Lipinski definition) is 3. The highest BCUT2D eigenvalue weighted by atomic mass is 35.5. The largest absolute Gasteiger partial charge is 0.479 e. The molecule has 22 heavy (non-hydrogen) atoms. The van der Waals surface area contributed by atoms with Crippen molar-refractivity contribution < 1.29 is 9.53 Å². The molecule has 1 saturated heterocycles. The van der Waals surface area contributed by atoms with Gasteiger partial charge in [-0.3, -0.25) is 4.79 Å². The summed E-state index contributed by atoms with van der Waals surface area (Å²) in [6.07, 6.45) is 4.38. The van der Waals surface area contributed by atoms with Crippen molar-refractivity contribution in [1.82, 2.24) is 10.2 Å². The Bertz CT molecular complexity index is 475. The van der Waals surface area contributed by atoms with Gasteiger partial charge in [0.15, 0.2) is 6.10 Å². The summed E-state index contributed by atoms with van der Waals surface area (Å²) in [5.41, 5.74) is 0. The fourth-order valence-corrected chi connectivity index (χ4v) is 2.81. The molecule has 2 rings (SSSR count). The maximum absolute atomic E-state index is 12.0. The van der Waals surface area contributed by atoms with Gasteiger partial charge in [-0.05, 0) is 58.0 Å². The van der Waals surface area contributed by atoms with Gasteiger partial charge in [0.05, 0.1) is 5.02 Å². The first-order valence-electron chi connectivity index (χ1n) is 8.08. The van der Waals surface area contributed by atoms with Crippen molar-refractivity contribution >= 4 is 17.5 Å². The first kappa shape index (κ1) is 17.1. The Balaban J connectivity index is 1.65. The van der Waals surface area contributed by atoms with Gasteiger partial charge < -0.3 is 15.0 Å². The number of nitrogens with one attached hydrogen (secondary N) is 1. The topological polar surface area (TPSA) is 41.6 Å². The molecule has 122 valence electrons. The molecule has 4 nitrogen and oxygen atoms in total. The second-order valence-electron chi connectivity index (χ2n) is 5.74. The Kier molecular flexibility index (Phi) is 7.00. The number of rotatable bonds is 7. The van der Waals surface area contributed by atoms with Crippen molar-refractivity contribution in [1.29, 1.82) is 0 Å². The van der Waals surface area contributed by atoms with E-state index in [1.54, 1.807) is 19.1 Å². The fraction of sp³-hybridized carbons (Fsp3) is 0.588. The normalized spacial score (nSPS) is 17.0. The molecule has 5 heteroatoms. The number of likely N-dealkylation sites (tertiary alicyclic amines) is 1. The van der Waals surface area contributed by atoms with E-state index in [1.807, 2.05) is 12.1 Å². The predicted octanol–water partition coefficient (Wildman–Crippen LogP) is 3.10. The molecule has 0 radical (unpaired) electrons. The number of amides is 1. The van der Waals surface area contributed by atoms with E-state index in [2.05, 4.69) is 10.2 Å². The second kappa shape index (κ2) is 9.01. The van der Waals surface area contributed by atoms with E-state index in [1.165, 1.54) is 32.4 Å². The zero-order chi connectivity index (χ0) is 15.8. The number of halogens is 1. The molecule has 0 aliphatic carbocycles. The van der Waals surface area contributed by atoms with Crippen LogP contribution < -0.4 is 10.1 Å². The molecule has 1 aliphatic rings. The van der Waals surface area contributed by atoms with Gasteiger partial charge in [0, 0.05) is 6.54 Å². The van der Waals surface area contributed by atoms with E-state index in [4.69, 9.17) is 16.3 Å². The number of piperidine rings is 1. The van der Waals surface area contributed by atoms with Crippen molar-refractivity contribution in [3.8, 4) is 5.75 Å². The lowest BCUT2D eigenvalue weighted by molar-refractivity contribution is -0.127. The summed E-state index contributed by atoms with van der Waals surface area (Å²) < 4.78 is 5.60. The van der Waals surface area contributed by atoms with Crippen LogP contribution >= 0.6 is 11.6 Å². The van der Waals surface area contributed by atoms with E-state index in [0.717, 1.165) is 13.0 Å². The second-order valence-corrected chi connectivity index (χ2v) is 6.14. The van der Waals surface area contributed by atoms with Gasteiger partial charge in [-0.2, -0.15) is 0 Å². The highest BCUT2D eigenvalue weighted by molar-refractivity contribution is 6.32. The first-order chi connectivity index (χ1) is 10.7. The van der Waals surface area contributed by atoms with E-state index in [-0.39, 0.29) is 5.91 Å². The molecule has 1 unspecified atom stereocenters. The summed E-state index contributed by atoms with van der Waals surface area (Å²) in [6, 6.07) is 7.19. The average molecular weight is 325 g/mol. The number of para-hydroxylation sites is 1. The van der Waals surface area contributed by atoms with Crippen molar-refractivity contribution in [3.05, 3.63) is 29.3 Å². The summed E-state index contributed by atoms with van der Waals surface area (Å²) in [7, 11) is 0. The highest BCUT2D eigenvalue weighted by Crippen LogP contribution is 2.24. The molecule has 1 N–H and O–H groups in total. The van der Waals surface area contributed by atoms with Crippen LogP contribution in [0.2, 0.25) is 5.02 Å². The van der Waals surface area contributed by atoms with Crippen LogP contribution in [0, 0.1) is 0 Å². The minimum atomic E-state index is -0.546. The third-order valence-electron chi connectivity index (χ3n) is 3.91. The summed E-state index contributed by atoms with van der Waals surface area (Å²) in [4.78, 5) is 14.5. The molecule has 1 fully saturated rings. The molecular formula is C17H25ClN2O2. The number of hydrogen-bond donors (Lipinski definition) is 1. The van der Waals surface area contributed by atoms with Crippen molar-refractivity contribution in [3.63, 3.8) is 0 Å². The van der Waals surface area contributed by atoms with Gasteiger partial charge in [-0.1, -0.05) is 30.2 Å². The number of nitrogens with zero attached hydrogens (tertiary/aromatic N) is 1. The molecular weight excluding hydrogens is 300 g/mol. The van der Waals surface area contributed by atoms with Gasteiger partial charge in [-0.15, -0.1) is 0 Å². The number of ether oxygens (including phenoxy) is 1. The lowest BCUT2D eigenvalue weighted by atomic mass is 10.1. The van der Waals surface area contributed by atoms with E-state index in [9.17, 15) is 4.79 Å². The van der Waals surface area contributed by atoms with Crippen LogP contribution in [-0.2, 0) is 4.79 Å². The molecule has 1 aliphatic heterocycles. The lowest BCUT2D eigenvalue weighted by Gasteiger charge is -2.26. The minimum Gasteiger partial charge on any atom is -0.479 e. The van der Waals surface area contributed by atoms with Gasteiger partial charge in [0.1, 0.15) is 5.75 Å². The highest BCUT2D eigenvalue weighted by Gasteiger charge is 2.15. The Labute approximate surface area is 137 Å². The summed E-state index contributed by atoms with van der Waals surface area (Å²) in [5, 5.41) is 3.45. The Morgan fingerprint density at radius 3 is 2.77 bits per heavy atom. The van der Waals surface area contributed by atoms with Gasteiger partial charge in [-0.25, -0.2) is 0 Å². The minimum absolute atomic E-state index is 0.0986. The van der Waals surface area contributed by atoms with E-state index >= 15 is 0 Å². The average Bonchev–Trinajstić information content (AvgIpc) is 2.54. The van der Waals surface area contributed by atoms with Crippen molar-refractivity contribution in [2.45, 2.75) is 38.7 Å². The van der Waals surface area contributed by atoms with Crippen LogP contribution in [0.1, 0.15) is 32.6 Å². The van der Waals surface area contributed by atoms with E-state index < -0.39 is 6.10 Å². The van der Waals surface area contributed by atoms with Gasteiger partial charge in [0.2, 0.25) is 0 Å². The predicted molar refractivity (Wildman–Crippen MR) is 89.5 cm³/mol. The van der Waals surface area contributed by atoms with Crippen LogP contribution in [0.4, 0.5) is 0 Å². The number of benzene rings is 1. The molecule has 1 amide bonds. The fourth-order valence-electron chi connectivity index (χ4n) is 2.63. The van der Waals surface area contributed by atoms with Gasteiger partial charge >= 0.3 is 0 Å². The third kappa shape index (κ3) is 5.50. The van der Waals surface area contributed by atoms with Crippen LogP contribution in [0.25, 0.3) is 0 Å². The van der Waals surface area contributed by atoms with Crippen LogP contribution in [0.5, 0.6) is 5.75 Å². The quantitative estimate of drug-likeness (QED) is 0.784. The number of carbonyl (C=O) groups is 1. The summed E-state index contributed by atoms with van der Waals surface area (Å²) in [6.45, 7) is 5.87. The lowest BCUT2D eigenvalue weighted by Crippen LogP contribution is -2.38. The maximum atomic E-state index is 12.0. The van der Waals surface area contributed by atoms with E-state index in [0.29, 0.717) is 17.3 Å². The van der Waals surface area contributed by atoms with Crippen LogP contribution in [0.3, 0.4) is 0 Å². The number of carbonyl (C=O) groups excluding carboxylic acids is 1. The van der Waals surface area contributed by atoms with Crippen LogP contribution in [-0.4, -0.2) is 43.1 Å². The van der Waals surface area contributed by atoms with Gasteiger partial charge in [0.25, 0.3) is 5.91 Å². The van der Waals surface area contributed by atoms with Crippen LogP contribution in [0.15, 0.2) is 24.3 Å². The molecule has 1 aromatic carbocycles. The maximum Gasteiger partial charge on any atom is 0.260 e.